The first-order chi connectivity index (χ1) is 13.1. The lowest BCUT2D eigenvalue weighted by Crippen LogP contribution is -3.10. The van der Waals surface area contributed by atoms with Gasteiger partial charge in [-0.05, 0) is 12.5 Å². The van der Waals surface area contributed by atoms with Gasteiger partial charge in [0, 0.05) is 25.4 Å². The van der Waals surface area contributed by atoms with Gasteiger partial charge in [0.1, 0.15) is 12.7 Å². The smallest absolute Gasteiger partial charge is 0.234 e. The van der Waals surface area contributed by atoms with E-state index in [1.165, 1.54) is 0 Å². The van der Waals surface area contributed by atoms with Crippen LogP contribution in [0.25, 0.3) is 0 Å². The number of benzene rings is 1. The summed E-state index contributed by atoms with van der Waals surface area (Å²) in [5, 5.41) is 25.2. The van der Waals surface area contributed by atoms with Gasteiger partial charge in [-0.15, -0.1) is 0 Å². The van der Waals surface area contributed by atoms with Crippen molar-refractivity contribution < 1.29 is 10.0 Å². The molecule has 1 aromatic carbocycles. The highest BCUT2D eigenvalue weighted by Crippen LogP contribution is 2.16. The number of aliphatic hydroxyl groups is 1. The molecule has 0 saturated carbocycles. The quantitative estimate of drug-likeness (QED) is 0.602. The number of aromatic amines is 1. The Labute approximate surface area is 158 Å². The summed E-state index contributed by atoms with van der Waals surface area (Å²) in [6.07, 6.45) is 5.29. The molecule has 2 aromatic rings. The van der Waals surface area contributed by atoms with Gasteiger partial charge in [0.05, 0.1) is 18.5 Å². The third-order valence-electron chi connectivity index (χ3n) is 4.69. The highest BCUT2D eigenvalue weighted by atomic mass is 16.3. The minimum absolute atomic E-state index is 0.478. The molecule has 0 amide bonds. The molecule has 4 rings (SSSR count). The standard InChI is InChI=1S/C19H23N7O/c1-14-10-17(23-22-14)21-19-13-25(12-18-20-8-9-26(18)19)24(2)11-16(27)15-6-4-3-5-7-15/h3-10,13,16,27H,11-12H2,1-2H3,(H2,21,22,23)/p+1. The van der Waals surface area contributed by atoms with Crippen molar-refractivity contribution in [3.05, 3.63) is 72.1 Å². The molecule has 0 bridgehead atoms. The van der Waals surface area contributed by atoms with Crippen LogP contribution in [0.4, 0.5) is 5.82 Å². The average molecular weight is 366 g/mol. The van der Waals surface area contributed by atoms with Crippen LogP contribution in [-0.4, -0.2) is 51.3 Å². The zero-order chi connectivity index (χ0) is 18.8. The molecule has 4 N–H and O–H groups in total. The summed E-state index contributed by atoms with van der Waals surface area (Å²) in [5.41, 5.74) is 1.90. The number of nitrogens with one attached hydrogen (secondary N) is 3. The van der Waals surface area contributed by atoms with Gasteiger partial charge in [0.15, 0.2) is 5.82 Å². The second kappa shape index (κ2) is 7.36. The Morgan fingerprint density at radius 2 is 2.19 bits per heavy atom. The van der Waals surface area contributed by atoms with Gasteiger partial charge in [-0.25, -0.2) is 14.9 Å². The monoisotopic (exact) mass is 366 g/mol. The van der Waals surface area contributed by atoms with Crippen LogP contribution in [0.1, 0.15) is 17.4 Å². The van der Waals surface area contributed by atoms with Crippen LogP contribution in [0, 0.1) is 6.92 Å². The lowest BCUT2D eigenvalue weighted by molar-refractivity contribution is -0.700. The fourth-order valence-electron chi connectivity index (χ4n) is 3.23. The number of quaternary nitrogens is 1. The Bertz CT molecular complexity index is 886. The summed E-state index contributed by atoms with van der Waals surface area (Å²) < 4.78 is 0. The molecule has 2 atom stereocenters. The number of amidine groups is 1. The first kappa shape index (κ1) is 17.5. The van der Waals surface area contributed by atoms with E-state index in [2.05, 4.69) is 25.5 Å². The van der Waals surface area contributed by atoms with E-state index >= 15 is 0 Å². The second-order valence-corrected chi connectivity index (χ2v) is 6.77. The number of likely N-dealkylation sites (N-methyl/N-ethyl adjacent to an activating group) is 1. The highest BCUT2D eigenvalue weighted by molar-refractivity contribution is 5.79. The maximum Gasteiger partial charge on any atom is 0.234 e. The fourth-order valence-corrected chi connectivity index (χ4v) is 3.23. The van der Waals surface area contributed by atoms with E-state index in [0.29, 0.717) is 13.1 Å². The first-order valence-electron chi connectivity index (χ1n) is 8.92. The number of anilines is 1. The number of aliphatic imine (C=N–C) groups is 1. The fraction of sp³-hybridized carbons (Fsp3) is 0.263. The van der Waals surface area contributed by atoms with E-state index in [0.717, 1.165) is 33.6 Å². The molecule has 2 unspecified atom stereocenters. The number of nitrogens with zero attached hydrogens (tertiary/aromatic N) is 4. The lowest BCUT2D eigenvalue weighted by Gasteiger charge is -2.35. The molecule has 0 saturated heterocycles. The van der Waals surface area contributed by atoms with Crippen LogP contribution in [0.15, 0.2) is 65.8 Å². The van der Waals surface area contributed by atoms with Crippen molar-refractivity contribution in [3.8, 4) is 0 Å². The van der Waals surface area contributed by atoms with Gasteiger partial charge in [-0.2, -0.15) is 5.10 Å². The van der Waals surface area contributed by atoms with Gasteiger partial charge in [0.2, 0.25) is 11.7 Å². The maximum absolute atomic E-state index is 10.5. The van der Waals surface area contributed by atoms with E-state index in [4.69, 9.17) is 0 Å². The van der Waals surface area contributed by atoms with Gasteiger partial charge in [-0.3, -0.25) is 15.4 Å². The van der Waals surface area contributed by atoms with Crippen molar-refractivity contribution in [2.75, 3.05) is 25.5 Å². The van der Waals surface area contributed by atoms with Crippen molar-refractivity contribution in [2.24, 2.45) is 4.99 Å². The first-order valence-corrected chi connectivity index (χ1v) is 8.92. The molecule has 3 heterocycles. The minimum atomic E-state index is -0.566. The molecule has 27 heavy (non-hydrogen) atoms. The van der Waals surface area contributed by atoms with Crippen LogP contribution in [0.5, 0.6) is 0 Å². The highest BCUT2D eigenvalue weighted by Gasteiger charge is 2.33. The van der Waals surface area contributed by atoms with Gasteiger partial charge < -0.3 is 5.11 Å². The molecule has 1 aromatic heterocycles. The van der Waals surface area contributed by atoms with Crippen molar-refractivity contribution in [3.63, 3.8) is 0 Å². The molecule has 8 nitrogen and oxygen atoms in total. The summed E-state index contributed by atoms with van der Waals surface area (Å²) in [5.74, 6) is 2.69. The van der Waals surface area contributed by atoms with E-state index < -0.39 is 6.10 Å². The van der Waals surface area contributed by atoms with E-state index in [-0.39, 0.29) is 0 Å². The van der Waals surface area contributed by atoms with Gasteiger partial charge in [-0.1, -0.05) is 30.3 Å². The largest absolute Gasteiger partial charge is 0.387 e. The molecule has 0 spiro atoms. The van der Waals surface area contributed by atoms with Crippen LogP contribution in [0.2, 0.25) is 0 Å². The Kier molecular flexibility index (Phi) is 4.76. The molecule has 0 fully saturated rings. The van der Waals surface area contributed by atoms with Crippen LogP contribution >= 0.6 is 0 Å². The number of hydrogen-bond acceptors (Lipinski definition) is 6. The van der Waals surface area contributed by atoms with Gasteiger partial charge in [0.25, 0.3) is 0 Å². The van der Waals surface area contributed by atoms with Crippen LogP contribution < -0.4 is 10.2 Å². The Balaban J connectivity index is 1.51. The summed E-state index contributed by atoms with van der Waals surface area (Å²) >= 11 is 0. The topological polar surface area (TPSA) is 84.2 Å². The molecular formula is C19H24N7O+. The number of hydrazine groups is 1. The normalized spacial score (nSPS) is 19.7. The summed E-state index contributed by atoms with van der Waals surface area (Å²) in [4.78, 5) is 5.56. The lowest BCUT2D eigenvalue weighted by atomic mass is 10.1. The Morgan fingerprint density at radius 1 is 1.37 bits per heavy atom. The molecular weight excluding hydrogens is 342 g/mol. The van der Waals surface area contributed by atoms with Crippen molar-refractivity contribution in [1.29, 1.82) is 0 Å². The third kappa shape index (κ3) is 3.77. The molecule has 140 valence electrons. The number of aryl methyl sites for hydroxylation is 1. The molecule has 2 aliphatic heterocycles. The summed E-state index contributed by atoms with van der Waals surface area (Å²) in [6, 6.07) is 11.7. The number of aliphatic hydroxyl groups excluding tert-OH is 1. The third-order valence-corrected chi connectivity index (χ3v) is 4.69. The Hall–Kier alpha value is -2.94. The van der Waals surface area contributed by atoms with E-state index in [9.17, 15) is 5.11 Å². The number of H-pyrrole nitrogens is 1. The predicted octanol–water partition coefficient (Wildman–Crippen LogP) is 0.593. The number of aromatic nitrogens is 2. The number of hydrogen-bond donors (Lipinski definition) is 4. The summed E-state index contributed by atoms with van der Waals surface area (Å²) in [6.45, 7) is 3.10. The van der Waals surface area contributed by atoms with Crippen molar-refractivity contribution >= 4 is 11.7 Å². The number of fused-ring (bicyclic) bond motifs is 1. The predicted molar refractivity (Wildman–Crippen MR) is 103 cm³/mol. The molecule has 0 radical (unpaired) electrons. The van der Waals surface area contributed by atoms with Crippen molar-refractivity contribution in [2.45, 2.75) is 13.0 Å². The van der Waals surface area contributed by atoms with Crippen LogP contribution in [-0.2, 0) is 0 Å². The zero-order valence-corrected chi connectivity index (χ0v) is 15.4. The van der Waals surface area contributed by atoms with Crippen LogP contribution in [0.3, 0.4) is 0 Å². The Morgan fingerprint density at radius 3 is 2.93 bits per heavy atom. The minimum Gasteiger partial charge on any atom is -0.387 e. The zero-order valence-electron chi connectivity index (χ0n) is 15.4. The van der Waals surface area contributed by atoms with Crippen molar-refractivity contribution in [1.82, 2.24) is 20.2 Å². The van der Waals surface area contributed by atoms with E-state index in [1.54, 1.807) is 0 Å². The molecule has 2 aliphatic rings. The van der Waals surface area contributed by atoms with E-state index in [1.807, 2.05) is 74.0 Å². The maximum atomic E-state index is 10.5. The average Bonchev–Trinajstić information content (AvgIpc) is 3.31. The molecule has 8 heteroatoms. The SMILES string of the molecule is Cc1cc(NC2=CN(N(C)CC(O)c3ccccc3)CC3=NC=C[NH+]23)n[nH]1. The summed E-state index contributed by atoms with van der Waals surface area (Å²) in [7, 11) is 1.97. The molecule has 0 aliphatic carbocycles. The second-order valence-electron chi connectivity index (χ2n) is 6.77. The van der Waals surface area contributed by atoms with Gasteiger partial charge >= 0.3 is 0 Å². The number of rotatable bonds is 6.